The number of fused-ring (bicyclic) bond motifs is 1. The topological polar surface area (TPSA) is 54.2 Å². The molecule has 1 fully saturated rings. The Morgan fingerprint density at radius 1 is 1.44 bits per heavy atom. The predicted octanol–water partition coefficient (Wildman–Crippen LogP) is 1.53. The van der Waals surface area contributed by atoms with Gasteiger partial charge in [-0.05, 0) is 44.3 Å². The molecule has 18 heavy (non-hydrogen) atoms. The number of nitrogens with zero attached hydrogens (tertiary/aromatic N) is 3. The molecule has 0 aliphatic carbocycles. The first-order chi connectivity index (χ1) is 8.93. The number of piperidine rings is 1. The molecule has 3 rings (SSSR count). The van der Waals surface area contributed by atoms with Gasteiger partial charge in [-0.2, -0.15) is 5.10 Å². The second kappa shape index (κ2) is 5.35. The van der Waals surface area contributed by atoms with Gasteiger partial charge in [-0.3, -0.25) is 0 Å². The molecule has 1 aliphatic heterocycles. The lowest BCUT2D eigenvalue weighted by molar-refractivity contribution is 0.364. The van der Waals surface area contributed by atoms with Gasteiger partial charge in [0.15, 0.2) is 5.82 Å². The quantitative estimate of drug-likeness (QED) is 0.857. The first-order valence-corrected chi connectivity index (χ1v) is 6.66. The molecule has 2 aromatic rings. The minimum atomic E-state index is 0.802. The Labute approximate surface area is 107 Å². The van der Waals surface area contributed by atoms with Crippen molar-refractivity contribution >= 4 is 11.3 Å². The molecule has 0 amide bonds. The summed E-state index contributed by atoms with van der Waals surface area (Å²) in [6.07, 6.45) is 9.30. The van der Waals surface area contributed by atoms with E-state index >= 15 is 0 Å². The highest BCUT2D eigenvalue weighted by molar-refractivity contribution is 5.66. The number of aromatic nitrogens is 3. The van der Waals surface area contributed by atoms with Gasteiger partial charge in [0.25, 0.3) is 0 Å². The fourth-order valence-corrected chi connectivity index (χ4v) is 2.56. The van der Waals surface area contributed by atoms with Gasteiger partial charge in [0.1, 0.15) is 5.52 Å². The summed E-state index contributed by atoms with van der Waals surface area (Å²) >= 11 is 0. The third kappa shape index (κ3) is 2.46. The van der Waals surface area contributed by atoms with Gasteiger partial charge in [-0.15, -0.1) is 0 Å². The molecule has 2 aromatic heterocycles. The first-order valence-electron chi connectivity index (χ1n) is 6.66. The highest BCUT2D eigenvalue weighted by Crippen LogP contribution is 2.16. The Morgan fingerprint density at radius 2 is 2.44 bits per heavy atom. The van der Waals surface area contributed by atoms with Gasteiger partial charge >= 0.3 is 0 Å². The molecule has 96 valence electrons. The Kier molecular flexibility index (Phi) is 3.41. The maximum Gasteiger partial charge on any atom is 0.152 e. The molecule has 0 radical (unpaired) electrons. The van der Waals surface area contributed by atoms with E-state index in [0.29, 0.717) is 0 Å². The SMILES string of the molecule is c1cn2nccc2c(NCCC2CCCNC2)n1. The van der Waals surface area contributed by atoms with Crippen LogP contribution < -0.4 is 10.6 Å². The van der Waals surface area contributed by atoms with E-state index in [-0.39, 0.29) is 0 Å². The summed E-state index contributed by atoms with van der Waals surface area (Å²) in [5, 5.41) is 11.1. The molecule has 5 heteroatoms. The van der Waals surface area contributed by atoms with Gasteiger partial charge in [0, 0.05) is 18.9 Å². The zero-order valence-electron chi connectivity index (χ0n) is 10.5. The molecule has 0 saturated carbocycles. The summed E-state index contributed by atoms with van der Waals surface area (Å²) in [5.74, 6) is 1.73. The highest BCUT2D eigenvalue weighted by Gasteiger charge is 2.12. The number of hydrogen-bond acceptors (Lipinski definition) is 4. The van der Waals surface area contributed by atoms with Crippen LogP contribution in [0.2, 0.25) is 0 Å². The zero-order chi connectivity index (χ0) is 12.2. The third-order valence-corrected chi connectivity index (χ3v) is 3.57. The first kappa shape index (κ1) is 11.5. The number of rotatable bonds is 4. The van der Waals surface area contributed by atoms with Crippen molar-refractivity contribution in [2.45, 2.75) is 19.3 Å². The number of anilines is 1. The van der Waals surface area contributed by atoms with Crippen LogP contribution in [0.25, 0.3) is 5.52 Å². The lowest BCUT2D eigenvalue weighted by Gasteiger charge is -2.22. The second-order valence-corrected chi connectivity index (χ2v) is 4.86. The van der Waals surface area contributed by atoms with Crippen molar-refractivity contribution in [1.29, 1.82) is 0 Å². The summed E-state index contributed by atoms with van der Waals surface area (Å²) < 4.78 is 1.84. The Hall–Kier alpha value is -1.62. The van der Waals surface area contributed by atoms with Crippen LogP contribution in [0.1, 0.15) is 19.3 Å². The van der Waals surface area contributed by atoms with Gasteiger partial charge < -0.3 is 10.6 Å². The molecule has 2 N–H and O–H groups in total. The summed E-state index contributed by atoms with van der Waals surface area (Å²) in [6, 6.07) is 1.98. The van der Waals surface area contributed by atoms with Crippen LogP contribution in [0, 0.1) is 5.92 Å². The molecule has 3 heterocycles. The lowest BCUT2D eigenvalue weighted by Crippen LogP contribution is -2.30. The Balaban J connectivity index is 1.57. The van der Waals surface area contributed by atoms with E-state index in [1.54, 1.807) is 12.4 Å². The average molecular weight is 245 g/mol. The van der Waals surface area contributed by atoms with Crippen molar-refractivity contribution in [3.8, 4) is 0 Å². The van der Waals surface area contributed by atoms with Crippen molar-refractivity contribution < 1.29 is 0 Å². The summed E-state index contributed by atoms with van der Waals surface area (Å²) in [4.78, 5) is 4.37. The third-order valence-electron chi connectivity index (χ3n) is 3.57. The maximum absolute atomic E-state index is 4.37. The van der Waals surface area contributed by atoms with Crippen LogP contribution in [0.15, 0.2) is 24.7 Å². The standard InChI is InChI=1S/C13H19N5/c1-2-11(10-14-5-1)3-6-15-13-12-4-7-17-18(12)9-8-16-13/h4,7-9,11,14H,1-3,5-6,10H2,(H,15,16). The Bertz CT molecular complexity index is 501. The zero-order valence-corrected chi connectivity index (χ0v) is 10.5. The van der Waals surface area contributed by atoms with Crippen LogP contribution in [-0.4, -0.2) is 34.2 Å². The summed E-state index contributed by atoms with van der Waals surface area (Å²) in [6.45, 7) is 3.32. The van der Waals surface area contributed by atoms with Crippen LogP contribution in [0.3, 0.4) is 0 Å². The van der Waals surface area contributed by atoms with Crippen LogP contribution in [-0.2, 0) is 0 Å². The highest BCUT2D eigenvalue weighted by atomic mass is 15.2. The normalized spacial score (nSPS) is 20.1. The molecule has 1 atom stereocenters. The second-order valence-electron chi connectivity index (χ2n) is 4.86. The summed E-state index contributed by atoms with van der Waals surface area (Å²) in [7, 11) is 0. The molecule has 0 spiro atoms. The van der Waals surface area contributed by atoms with Crippen molar-refractivity contribution in [2.24, 2.45) is 5.92 Å². The van der Waals surface area contributed by atoms with Crippen molar-refractivity contribution in [2.75, 3.05) is 25.0 Å². The summed E-state index contributed by atoms with van der Waals surface area (Å²) in [5.41, 5.74) is 1.04. The van der Waals surface area contributed by atoms with Gasteiger partial charge in [-0.1, -0.05) is 0 Å². The van der Waals surface area contributed by atoms with E-state index in [2.05, 4.69) is 20.7 Å². The average Bonchev–Trinajstić information content (AvgIpc) is 2.89. The van der Waals surface area contributed by atoms with Gasteiger partial charge in [-0.25, -0.2) is 9.50 Å². The molecular weight excluding hydrogens is 226 g/mol. The van der Waals surface area contributed by atoms with E-state index in [4.69, 9.17) is 0 Å². The molecule has 1 aliphatic rings. The predicted molar refractivity (Wildman–Crippen MR) is 71.7 cm³/mol. The smallest absolute Gasteiger partial charge is 0.152 e. The van der Waals surface area contributed by atoms with Gasteiger partial charge in [0.2, 0.25) is 0 Å². The lowest BCUT2D eigenvalue weighted by atomic mass is 9.96. The van der Waals surface area contributed by atoms with E-state index in [1.165, 1.54) is 25.8 Å². The minimum absolute atomic E-state index is 0.802. The van der Waals surface area contributed by atoms with E-state index < -0.39 is 0 Å². The molecule has 1 saturated heterocycles. The van der Waals surface area contributed by atoms with Gasteiger partial charge in [0.05, 0.1) is 6.20 Å². The van der Waals surface area contributed by atoms with E-state index in [9.17, 15) is 0 Å². The monoisotopic (exact) mass is 245 g/mol. The fourth-order valence-electron chi connectivity index (χ4n) is 2.56. The van der Waals surface area contributed by atoms with Crippen molar-refractivity contribution in [3.05, 3.63) is 24.7 Å². The number of nitrogens with one attached hydrogen (secondary N) is 2. The maximum atomic E-state index is 4.37. The molecule has 0 bridgehead atoms. The molecule has 1 unspecified atom stereocenters. The van der Waals surface area contributed by atoms with Crippen molar-refractivity contribution in [3.63, 3.8) is 0 Å². The van der Waals surface area contributed by atoms with Crippen LogP contribution in [0.4, 0.5) is 5.82 Å². The van der Waals surface area contributed by atoms with E-state index in [1.807, 2.05) is 16.8 Å². The van der Waals surface area contributed by atoms with Crippen LogP contribution in [0.5, 0.6) is 0 Å². The minimum Gasteiger partial charge on any atom is -0.368 e. The van der Waals surface area contributed by atoms with Crippen molar-refractivity contribution in [1.82, 2.24) is 19.9 Å². The van der Waals surface area contributed by atoms with Crippen LogP contribution >= 0.6 is 0 Å². The Morgan fingerprint density at radius 3 is 3.33 bits per heavy atom. The van der Waals surface area contributed by atoms with E-state index in [0.717, 1.165) is 30.3 Å². The molecular formula is C13H19N5. The number of hydrogen-bond donors (Lipinski definition) is 2. The molecule has 5 nitrogen and oxygen atoms in total. The molecule has 0 aromatic carbocycles. The largest absolute Gasteiger partial charge is 0.368 e. The fraction of sp³-hybridized carbons (Fsp3) is 0.538.